The first-order valence-corrected chi connectivity index (χ1v) is 8.89. The number of H-pyrrole nitrogens is 1. The highest BCUT2D eigenvalue weighted by Crippen LogP contribution is 2.18. The summed E-state index contributed by atoms with van der Waals surface area (Å²) in [7, 11) is 0. The van der Waals surface area contributed by atoms with Crippen LogP contribution in [0, 0.1) is 0 Å². The van der Waals surface area contributed by atoms with Gasteiger partial charge in [0.2, 0.25) is 5.91 Å². The summed E-state index contributed by atoms with van der Waals surface area (Å²) < 4.78 is 5.36. The minimum absolute atomic E-state index is 0.00649. The fraction of sp³-hybridized carbons (Fsp3) is 0.300. The molecule has 0 unspecified atom stereocenters. The van der Waals surface area contributed by atoms with Gasteiger partial charge in [-0.3, -0.25) is 4.79 Å². The molecule has 134 valence electrons. The summed E-state index contributed by atoms with van der Waals surface area (Å²) in [6, 6.07) is 12.0. The molecule has 0 atom stereocenters. The summed E-state index contributed by atoms with van der Waals surface area (Å²) in [5, 5.41) is 4.07. The molecule has 0 bridgehead atoms. The lowest BCUT2D eigenvalue weighted by atomic mass is 10.1. The summed E-state index contributed by atoms with van der Waals surface area (Å²) >= 11 is 0. The molecule has 1 aromatic carbocycles. The van der Waals surface area contributed by atoms with Crippen molar-refractivity contribution in [3.05, 3.63) is 59.9 Å². The van der Waals surface area contributed by atoms with Gasteiger partial charge in [0, 0.05) is 42.9 Å². The molecular weight excluding hydrogens is 328 g/mol. The molecule has 0 aliphatic carbocycles. The van der Waals surface area contributed by atoms with Crippen LogP contribution in [0.3, 0.4) is 0 Å². The molecule has 0 saturated carbocycles. The topological polar surface area (TPSA) is 70.2 Å². The van der Waals surface area contributed by atoms with Gasteiger partial charge in [-0.2, -0.15) is 0 Å². The van der Waals surface area contributed by atoms with E-state index in [4.69, 9.17) is 4.74 Å². The van der Waals surface area contributed by atoms with E-state index in [0.717, 1.165) is 54.2 Å². The van der Waals surface area contributed by atoms with Crippen LogP contribution in [0.25, 0.3) is 10.9 Å². The normalized spacial score (nSPS) is 14.5. The van der Waals surface area contributed by atoms with Gasteiger partial charge in [0.15, 0.2) is 0 Å². The molecule has 4 rings (SSSR count). The van der Waals surface area contributed by atoms with Crippen molar-refractivity contribution in [1.82, 2.24) is 15.3 Å². The number of amides is 1. The molecule has 3 heterocycles. The molecule has 26 heavy (non-hydrogen) atoms. The van der Waals surface area contributed by atoms with Gasteiger partial charge in [0.25, 0.3) is 0 Å². The third-order valence-corrected chi connectivity index (χ3v) is 4.66. The van der Waals surface area contributed by atoms with Crippen LogP contribution in [0.4, 0.5) is 5.82 Å². The van der Waals surface area contributed by atoms with Crippen LogP contribution in [0.15, 0.2) is 48.8 Å². The van der Waals surface area contributed by atoms with Crippen LogP contribution in [0.2, 0.25) is 0 Å². The molecule has 1 fully saturated rings. The number of aromatic amines is 1. The molecule has 6 nitrogen and oxygen atoms in total. The number of benzene rings is 1. The number of aromatic nitrogens is 2. The lowest BCUT2D eigenvalue weighted by Gasteiger charge is -2.27. The Morgan fingerprint density at radius 1 is 1.19 bits per heavy atom. The monoisotopic (exact) mass is 350 g/mol. The zero-order chi connectivity index (χ0) is 17.8. The quantitative estimate of drug-likeness (QED) is 0.740. The number of anilines is 1. The largest absolute Gasteiger partial charge is 0.378 e. The number of nitrogens with zero attached hydrogens (tertiary/aromatic N) is 2. The van der Waals surface area contributed by atoms with Gasteiger partial charge in [0.1, 0.15) is 5.82 Å². The van der Waals surface area contributed by atoms with Crippen molar-refractivity contribution < 1.29 is 9.53 Å². The number of nitrogens with one attached hydrogen (secondary N) is 2. The fourth-order valence-corrected chi connectivity index (χ4v) is 3.21. The number of rotatable bonds is 5. The van der Waals surface area contributed by atoms with Crippen molar-refractivity contribution in [2.24, 2.45) is 0 Å². The number of pyridine rings is 1. The summed E-state index contributed by atoms with van der Waals surface area (Å²) in [4.78, 5) is 22.2. The number of ether oxygens (including phenoxy) is 1. The first-order valence-electron chi connectivity index (χ1n) is 8.89. The van der Waals surface area contributed by atoms with Crippen LogP contribution in [-0.4, -0.2) is 42.2 Å². The van der Waals surface area contributed by atoms with Crippen molar-refractivity contribution in [2.45, 2.75) is 13.0 Å². The maximum absolute atomic E-state index is 12.3. The van der Waals surface area contributed by atoms with Crippen molar-refractivity contribution >= 4 is 22.6 Å². The average Bonchev–Trinajstić information content (AvgIpc) is 3.10. The van der Waals surface area contributed by atoms with Gasteiger partial charge in [-0.05, 0) is 23.3 Å². The Balaban J connectivity index is 1.32. The number of morpholine rings is 1. The zero-order valence-electron chi connectivity index (χ0n) is 14.6. The second-order valence-electron chi connectivity index (χ2n) is 6.44. The number of carbonyl (C=O) groups is 1. The lowest BCUT2D eigenvalue weighted by Crippen LogP contribution is -2.36. The first-order chi connectivity index (χ1) is 12.8. The Hall–Kier alpha value is -2.86. The van der Waals surface area contributed by atoms with Crippen LogP contribution < -0.4 is 10.2 Å². The standard InChI is InChI=1S/C20H22N4O2/c25-20(11-16-14-21-18-4-2-1-3-17(16)18)23-13-15-5-6-19(22-12-15)24-7-9-26-10-8-24/h1-6,12,14,21H,7-11,13H2,(H,23,25). The average molecular weight is 350 g/mol. The maximum atomic E-state index is 12.3. The molecule has 3 aromatic rings. The predicted molar refractivity (Wildman–Crippen MR) is 101 cm³/mol. The van der Waals surface area contributed by atoms with Crippen LogP contribution in [0.5, 0.6) is 0 Å². The van der Waals surface area contributed by atoms with Gasteiger partial charge >= 0.3 is 0 Å². The number of para-hydroxylation sites is 1. The smallest absolute Gasteiger partial charge is 0.224 e. The third-order valence-electron chi connectivity index (χ3n) is 4.66. The van der Waals surface area contributed by atoms with Crippen LogP contribution in [0.1, 0.15) is 11.1 Å². The Morgan fingerprint density at radius 2 is 2.04 bits per heavy atom. The summed E-state index contributed by atoms with van der Waals surface area (Å²) in [6.07, 6.45) is 4.10. The van der Waals surface area contributed by atoms with Crippen molar-refractivity contribution in [3.63, 3.8) is 0 Å². The molecule has 0 radical (unpaired) electrons. The van der Waals surface area contributed by atoms with Crippen molar-refractivity contribution in [3.8, 4) is 0 Å². The van der Waals surface area contributed by atoms with Gasteiger partial charge in [0.05, 0.1) is 19.6 Å². The Kier molecular flexibility index (Phi) is 4.84. The number of carbonyl (C=O) groups excluding carboxylic acids is 1. The molecule has 6 heteroatoms. The van der Waals surface area contributed by atoms with Crippen molar-refractivity contribution in [1.29, 1.82) is 0 Å². The number of fused-ring (bicyclic) bond motifs is 1. The Bertz CT molecular complexity index is 882. The maximum Gasteiger partial charge on any atom is 0.224 e. The van der Waals surface area contributed by atoms with Gasteiger partial charge < -0.3 is 19.9 Å². The number of hydrogen-bond acceptors (Lipinski definition) is 4. The van der Waals surface area contributed by atoms with E-state index in [1.807, 2.05) is 48.8 Å². The fourth-order valence-electron chi connectivity index (χ4n) is 3.21. The molecule has 1 aliphatic heterocycles. The molecular formula is C20H22N4O2. The van der Waals surface area contributed by atoms with E-state index >= 15 is 0 Å². The third kappa shape index (κ3) is 3.70. The van der Waals surface area contributed by atoms with E-state index in [2.05, 4.69) is 20.2 Å². The Labute approximate surface area is 152 Å². The van der Waals surface area contributed by atoms with Crippen LogP contribution >= 0.6 is 0 Å². The molecule has 1 aliphatic rings. The molecule has 2 N–H and O–H groups in total. The summed E-state index contributed by atoms with van der Waals surface area (Å²) in [5.74, 6) is 0.967. The predicted octanol–water partition coefficient (Wildman–Crippen LogP) is 2.26. The van der Waals surface area contributed by atoms with E-state index in [-0.39, 0.29) is 5.91 Å². The molecule has 0 spiro atoms. The minimum atomic E-state index is 0.00649. The zero-order valence-corrected chi connectivity index (χ0v) is 14.6. The second-order valence-corrected chi connectivity index (χ2v) is 6.44. The van der Waals surface area contributed by atoms with E-state index in [9.17, 15) is 4.79 Å². The second kappa shape index (κ2) is 7.58. The van der Waals surface area contributed by atoms with E-state index in [0.29, 0.717) is 13.0 Å². The highest BCUT2D eigenvalue weighted by Gasteiger charge is 2.12. The van der Waals surface area contributed by atoms with Crippen molar-refractivity contribution in [2.75, 3.05) is 31.2 Å². The summed E-state index contributed by atoms with van der Waals surface area (Å²) in [5.41, 5.74) is 3.06. The van der Waals surface area contributed by atoms with Gasteiger partial charge in [-0.25, -0.2) is 4.98 Å². The summed E-state index contributed by atoms with van der Waals surface area (Å²) in [6.45, 7) is 3.71. The molecule has 1 amide bonds. The Morgan fingerprint density at radius 3 is 2.85 bits per heavy atom. The van der Waals surface area contributed by atoms with Crippen LogP contribution in [-0.2, 0) is 22.5 Å². The highest BCUT2D eigenvalue weighted by molar-refractivity contribution is 5.88. The van der Waals surface area contributed by atoms with Gasteiger partial charge in [-0.15, -0.1) is 0 Å². The van der Waals surface area contributed by atoms with E-state index < -0.39 is 0 Å². The lowest BCUT2D eigenvalue weighted by molar-refractivity contribution is -0.120. The SMILES string of the molecule is O=C(Cc1c[nH]c2ccccc12)NCc1ccc(N2CCOCC2)nc1. The molecule has 2 aromatic heterocycles. The van der Waals surface area contributed by atoms with Gasteiger partial charge in [-0.1, -0.05) is 24.3 Å². The minimum Gasteiger partial charge on any atom is -0.378 e. The first kappa shape index (κ1) is 16.6. The van der Waals surface area contributed by atoms with E-state index in [1.165, 1.54) is 0 Å². The van der Waals surface area contributed by atoms with E-state index in [1.54, 1.807) is 0 Å². The number of hydrogen-bond donors (Lipinski definition) is 2. The molecule has 1 saturated heterocycles. The highest BCUT2D eigenvalue weighted by atomic mass is 16.5.